The lowest BCUT2D eigenvalue weighted by Crippen LogP contribution is -2.23. The maximum absolute atomic E-state index is 11.8. The number of carbonyl (C=O) groups excluding carboxylic acids is 2. The zero-order valence-electron chi connectivity index (χ0n) is 12.4. The van der Waals surface area contributed by atoms with Gasteiger partial charge in [0.2, 0.25) is 5.91 Å². The van der Waals surface area contributed by atoms with Gasteiger partial charge in [0.1, 0.15) is 5.78 Å². The van der Waals surface area contributed by atoms with Gasteiger partial charge in [-0.25, -0.2) is 0 Å². The maximum Gasteiger partial charge on any atom is 0.220 e. The summed E-state index contributed by atoms with van der Waals surface area (Å²) in [5, 5.41) is 2.79. The highest BCUT2D eigenvalue weighted by atomic mass is 16.2. The van der Waals surface area contributed by atoms with Crippen molar-refractivity contribution < 1.29 is 9.59 Å². The zero-order chi connectivity index (χ0) is 15.6. The Kier molecular flexibility index (Phi) is 6.23. The Labute approximate surface area is 129 Å². The van der Waals surface area contributed by atoms with E-state index in [9.17, 15) is 9.59 Å². The summed E-state index contributed by atoms with van der Waals surface area (Å²) in [5.41, 5.74) is 1.98. The SMILES string of the molecule is O=C(CCC(=O)NCc1cccnc1)CCc1cccnc1. The van der Waals surface area contributed by atoms with E-state index in [0.29, 0.717) is 19.4 Å². The lowest BCUT2D eigenvalue weighted by atomic mass is 10.1. The van der Waals surface area contributed by atoms with Crippen LogP contribution >= 0.6 is 0 Å². The molecule has 0 unspecified atom stereocenters. The molecule has 0 aliphatic carbocycles. The number of aryl methyl sites for hydroxylation is 1. The van der Waals surface area contributed by atoms with E-state index in [1.807, 2.05) is 24.3 Å². The summed E-state index contributed by atoms with van der Waals surface area (Å²) in [6, 6.07) is 7.52. The predicted molar refractivity (Wildman–Crippen MR) is 82.9 cm³/mol. The summed E-state index contributed by atoms with van der Waals surface area (Å²) in [6.45, 7) is 0.441. The van der Waals surface area contributed by atoms with Gasteiger partial charge >= 0.3 is 0 Å². The number of nitrogens with zero attached hydrogens (tertiary/aromatic N) is 2. The lowest BCUT2D eigenvalue weighted by molar-refractivity contribution is -0.125. The average Bonchev–Trinajstić information content (AvgIpc) is 2.58. The van der Waals surface area contributed by atoms with E-state index in [2.05, 4.69) is 15.3 Å². The van der Waals surface area contributed by atoms with Crippen molar-refractivity contribution >= 4 is 11.7 Å². The van der Waals surface area contributed by atoms with Crippen LogP contribution < -0.4 is 5.32 Å². The molecular formula is C17H19N3O2. The number of ketones is 1. The lowest BCUT2D eigenvalue weighted by Gasteiger charge is -2.05. The predicted octanol–water partition coefficient (Wildman–Crippen LogP) is 2.07. The monoisotopic (exact) mass is 297 g/mol. The number of amides is 1. The fourth-order valence-electron chi connectivity index (χ4n) is 2.00. The first kappa shape index (κ1) is 15.8. The van der Waals surface area contributed by atoms with Crippen LogP contribution in [0.25, 0.3) is 0 Å². The number of nitrogens with one attached hydrogen (secondary N) is 1. The van der Waals surface area contributed by atoms with Crippen LogP contribution in [0, 0.1) is 0 Å². The van der Waals surface area contributed by atoms with E-state index in [1.54, 1.807) is 24.8 Å². The third-order valence-electron chi connectivity index (χ3n) is 3.26. The zero-order valence-corrected chi connectivity index (χ0v) is 12.4. The highest BCUT2D eigenvalue weighted by Crippen LogP contribution is 2.04. The van der Waals surface area contributed by atoms with Crippen LogP contribution in [0.15, 0.2) is 49.1 Å². The largest absolute Gasteiger partial charge is 0.352 e. The minimum atomic E-state index is -0.112. The Balaban J connectivity index is 1.62. The number of hydrogen-bond donors (Lipinski definition) is 1. The third kappa shape index (κ3) is 5.83. The molecule has 2 heterocycles. The molecule has 0 aromatic carbocycles. The Morgan fingerprint density at radius 1 is 0.909 bits per heavy atom. The van der Waals surface area contributed by atoms with E-state index < -0.39 is 0 Å². The molecule has 0 aliphatic rings. The summed E-state index contributed by atoms with van der Waals surface area (Å²) < 4.78 is 0. The van der Waals surface area contributed by atoms with Gasteiger partial charge in [-0.05, 0) is 29.7 Å². The van der Waals surface area contributed by atoms with Crippen molar-refractivity contribution in [2.45, 2.75) is 32.2 Å². The Bertz CT molecular complexity index is 544. The van der Waals surface area contributed by atoms with E-state index in [1.165, 1.54) is 0 Å². The van der Waals surface area contributed by atoms with Gasteiger partial charge in [-0.15, -0.1) is 0 Å². The molecular weight excluding hydrogens is 278 g/mol. The number of hydrogen-bond acceptors (Lipinski definition) is 4. The van der Waals surface area contributed by atoms with Gasteiger partial charge in [-0.1, -0.05) is 12.1 Å². The van der Waals surface area contributed by atoms with Crippen molar-refractivity contribution in [3.05, 3.63) is 60.2 Å². The van der Waals surface area contributed by atoms with Crippen LogP contribution in [0.4, 0.5) is 0 Å². The quantitative estimate of drug-likeness (QED) is 0.809. The minimum Gasteiger partial charge on any atom is -0.352 e. The molecule has 5 heteroatoms. The third-order valence-corrected chi connectivity index (χ3v) is 3.26. The molecule has 2 aromatic rings. The fourth-order valence-corrected chi connectivity index (χ4v) is 2.00. The van der Waals surface area contributed by atoms with Gasteiger partial charge in [-0.2, -0.15) is 0 Å². The highest BCUT2D eigenvalue weighted by molar-refractivity contribution is 5.85. The Morgan fingerprint density at radius 3 is 2.23 bits per heavy atom. The molecule has 0 radical (unpaired) electrons. The van der Waals surface area contributed by atoms with E-state index in [4.69, 9.17) is 0 Å². The summed E-state index contributed by atoms with van der Waals surface area (Å²) in [4.78, 5) is 31.5. The van der Waals surface area contributed by atoms with E-state index in [0.717, 1.165) is 11.1 Å². The molecule has 0 saturated carbocycles. The van der Waals surface area contributed by atoms with Crippen LogP contribution in [-0.2, 0) is 22.6 Å². The van der Waals surface area contributed by atoms with Gasteiger partial charge in [0, 0.05) is 50.6 Å². The van der Waals surface area contributed by atoms with E-state index >= 15 is 0 Å². The molecule has 114 valence electrons. The molecule has 0 atom stereocenters. The van der Waals surface area contributed by atoms with Gasteiger partial charge in [-0.3, -0.25) is 19.6 Å². The summed E-state index contributed by atoms with van der Waals surface area (Å²) in [5.74, 6) is -0.0149. The van der Waals surface area contributed by atoms with Crippen molar-refractivity contribution in [1.82, 2.24) is 15.3 Å². The van der Waals surface area contributed by atoms with Crippen LogP contribution in [0.2, 0.25) is 0 Å². The second-order valence-corrected chi connectivity index (χ2v) is 5.04. The Morgan fingerprint density at radius 2 is 1.59 bits per heavy atom. The first-order valence-electron chi connectivity index (χ1n) is 7.30. The van der Waals surface area contributed by atoms with Crippen molar-refractivity contribution in [2.24, 2.45) is 0 Å². The smallest absolute Gasteiger partial charge is 0.220 e. The van der Waals surface area contributed by atoms with Crippen LogP contribution in [0.5, 0.6) is 0 Å². The van der Waals surface area contributed by atoms with Crippen molar-refractivity contribution in [2.75, 3.05) is 0 Å². The molecule has 5 nitrogen and oxygen atoms in total. The standard InChI is InChI=1S/C17H19N3O2/c21-16(6-5-14-3-1-9-18-11-14)7-8-17(22)20-13-15-4-2-10-19-12-15/h1-4,9-12H,5-8,13H2,(H,20,22). The topological polar surface area (TPSA) is 72.0 Å². The molecule has 0 bridgehead atoms. The summed E-state index contributed by atoms with van der Waals surface area (Å²) in [6.07, 6.45) is 8.48. The van der Waals surface area contributed by atoms with Crippen LogP contribution in [-0.4, -0.2) is 21.7 Å². The molecule has 0 fully saturated rings. The maximum atomic E-state index is 11.8. The molecule has 1 amide bonds. The van der Waals surface area contributed by atoms with Crippen molar-refractivity contribution in [3.8, 4) is 0 Å². The van der Waals surface area contributed by atoms with Crippen LogP contribution in [0.3, 0.4) is 0 Å². The summed E-state index contributed by atoms with van der Waals surface area (Å²) >= 11 is 0. The number of Topliss-reactive ketones (excluding diaryl/α,β-unsaturated/α-hetero) is 1. The normalized spacial score (nSPS) is 10.2. The van der Waals surface area contributed by atoms with E-state index in [-0.39, 0.29) is 24.5 Å². The van der Waals surface area contributed by atoms with Gasteiger partial charge in [0.25, 0.3) is 0 Å². The highest BCUT2D eigenvalue weighted by Gasteiger charge is 2.07. The fraction of sp³-hybridized carbons (Fsp3) is 0.294. The minimum absolute atomic E-state index is 0.0976. The van der Waals surface area contributed by atoms with Gasteiger partial charge < -0.3 is 5.32 Å². The molecule has 2 rings (SSSR count). The van der Waals surface area contributed by atoms with Crippen LogP contribution in [0.1, 0.15) is 30.4 Å². The number of carbonyl (C=O) groups is 2. The average molecular weight is 297 g/mol. The van der Waals surface area contributed by atoms with Crippen molar-refractivity contribution in [3.63, 3.8) is 0 Å². The number of rotatable bonds is 8. The van der Waals surface area contributed by atoms with Crippen molar-refractivity contribution in [1.29, 1.82) is 0 Å². The molecule has 0 saturated heterocycles. The first-order chi connectivity index (χ1) is 10.7. The molecule has 0 aliphatic heterocycles. The first-order valence-corrected chi connectivity index (χ1v) is 7.30. The van der Waals surface area contributed by atoms with Gasteiger partial charge in [0.15, 0.2) is 0 Å². The second kappa shape index (κ2) is 8.67. The molecule has 0 spiro atoms. The molecule has 1 N–H and O–H groups in total. The number of pyridine rings is 2. The summed E-state index contributed by atoms with van der Waals surface area (Å²) in [7, 11) is 0. The number of aromatic nitrogens is 2. The molecule has 22 heavy (non-hydrogen) atoms. The second-order valence-electron chi connectivity index (χ2n) is 5.04. The van der Waals surface area contributed by atoms with Gasteiger partial charge in [0.05, 0.1) is 0 Å². The molecule has 2 aromatic heterocycles. The Hall–Kier alpha value is -2.56.